The molecule has 0 saturated carbocycles. The molecule has 0 amide bonds. The fourth-order valence-electron chi connectivity index (χ4n) is 3.83. The van der Waals surface area contributed by atoms with Gasteiger partial charge in [-0.05, 0) is 46.1 Å². The highest BCUT2D eigenvalue weighted by Crippen LogP contribution is 2.27. The summed E-state index contributed by atoms with van der Waals surface area (Å²) in [6, 6.07) is 0.602. The van der Waals surface area contributed by atoms with Gasteiger partial charge in [-0.15, -0.1) is 10.2 Å². The summed E-state index contributed by atoms with van der Waals surface area (Å²) in [5.41, 5.74) is 0. The fourth-order valence-corrected chi connectivity index (χ4v) is 3.83. The van der Waals surface area contributed by atoms with Gasteiger partial charge in [0.1, 0.15) is 11.6 Å². The molecule has 0 aromatic carbocycles. The fraction of sp³-hybridized carbons (Fsp3) is 0.882. The molecule has 2 aliphatic rings. The number of rotatable bonds is 4. The quantitative estimate of drug-likeness (QED) is 0.907. The number of aliphatic hydroxyl groups is 1. The molecule has 2 saturated heterocycles. The second-order valence-electron chi connectivity index (χ2n) is 7.47. The first-order chi connectivity index (χ1) is 11.0. The molecule has 1 atom stereocenters. The summed E-state index contributed by atoms with van der Waals surface area (Å²) in [4.78, 5) is 4.93. The Kier molecular flexibility index (Phi) is 5.34. The monoisotopic (exact) mass is 321 g/mol. The smallest absolute Gasteiger partial charge is 0.146 e. The van der Waals surface area contributed by atoms with Gasteiger partial charge < -0.3 is 14.6 Å². The molecule has 0 aliphatic carbocycles. The van der Waals surface area contributed by atoms with E-state index in [1.165, 1.54) is 19.4 Å². The second kappa shape index (κ2) is 7.28. The van der Waals surface area contributed by atoms with Gasteiger partial charge >= 0.3 is 0 Å². The van der Waals surface area contributed by atoms with Gasteiger partial charge in [-0.3, -0.25) is 4.90 Å². The largest absolute Gasteiger partial charge is 0.393 e. The molecule has 130 valence electrons. The van der Waals surface area contributed by atoms with Gasteiger partial charge in [0.05, 0.1) is 12.6 Å². The van der Waals surface area contributed by atoms with Crippen molar-refractivity contribution >= 4 is 0 Å². The molecule has 0 unspecified atom stereocenters. The van der Waals surface area contributed by atoms with Gasteiger partial charge in [0.2, 0.25) is 0 Å². The van der Waals surface area contributed by atoms with Crippen molar-refractivity contribution in [2.24, 2.45) is 7.05 Å². The number of aromatic nitrogens is 3. The summed E-state index contributed by atoms with van der Waals surface area (Å²) in [7, 11) is 2.11. The molecule has 0 radical (unpaired) electrons. The van der Waals surface area contributed by atoms with Crippen LogP contribution >= 0.6 is 0 Å². The molecule has 2 aliphatic heterocycles. The van der Waals surface area contributed by atoms with E-state index >= 15 is 0 Å². The maximum Gasteiger partial charge on any atom is 0.146 e. The van der Waals surface area contributed by atoms with Crippen molar-refractivity contribution in [3.8, 4) is 0 Å². The van der Waals surface area contributed by atoms with E-state index in [-0.39, 0.29) is 6.10 Å². The summed E-state index contributed by atoms with van der Waals surface area (Å²) in [6.45, 7) is 9.59. The van der Waals surface area contributed by atoms with E-state index in [0.29, 0.717) is 12.0 Å². The van der Waals surface area contributed by atoms with Gasteiger partial charge in [-0.25, -0.2) is 0 Å². The van der Waals surface area contributed by atoms with Crippen molar-refractivity contribution in [1.82, 2.24) is 24.6 Å². The van der Waals surface area contributed by atoms with Crippen molar-refractivity contribution in [1.29, 1.82) is 0 Å². The van der Waals surface area contributed by atoms with Gasteiger partial charge in [-0.1, -0.05) is 0 Å². The number of likely N-dealkylation sites (tertiary alicyclic amines) is 2. The summed E-state index contributed by atoms with van der Waals surface area (Å²) in [6.07, 6.45) is 4.08. The number of aliphatic hydroxyl groups excluding tert-OH is 1. The van der Waals surface area contributed by atoms with Crippen LogP contribution in [0, 0.1) is 0 Å². The van der Waals surface area contributed by atoms with Crippen molar-refractivity contribution in [3.05, 3.63) is 11.6 Å². The predicted octanol–water partition coefficient (Wildman–Crippen LogP) is 1.36. The third-order valence-corrected chi connectivity index (χ3v) is 5.47. The van der Waals surface area contributed by atoms with Crippen LogP contribution in [-0.4, -0.2) is 68.0 Å². The predicted molar refractivity (Wildman–Crippen MR) is 90.2 cm³/mol. The molecule has 1 aromatic heterocycles. The maximum absolute atomic E-state index is 9.63. The van der Waals surface area contributed by atoms with Crippen LogP contribution in [0.2, 0.25) is 0 Å². The van der Waals surface area contributed by atoms with Gasteiger partial charge in [0.25, 0.3) is 0 Å². The van der Waals surface area contributed by atoms with E-state index < -0.39 is 0 Å². The number of piperidine rings is 2. The Bertz CT molecular complexity index is 507. The molecular weight excluding hydrogens is 290 g/mol. The summed E-state index contributed by atoms with van der Waals surface area (Å²) in [5.74, 6) is 2.70. The van der Waals surface area contributed by atoms with Crippen LogP contribution in [0.3, 0.4) is 0 Å². The minimum Gasteiger partial charge on any atom is -0.393 e. The van der Waals surface area contributed by atoms with Crippen LogP contribution in [0.15, 0.2) is 0 Å². The van der Waals surface area contributed by atoms with Gasteiger partial charge in [0, 0.05) is 38.6 Å². The standard InChI is InChI=1S/C17H31N5O/c1-13(2)22-8-4-5-14(11-22)17-19-18-16(20(17)3)12-21-9-6-15(23)7-10-21/h13-15,23H,4-12H2,1-3H3/t14-/m0/s1. The van der Waals surface area contributed by atoms with Gasteiger partial charge in [-0.2, -0.15) is 0 Å². The first-order valence-electron chi connectivity index (χ1n) is 9.07. The van der Waals surface area contributed by atoms with E-state index in [4.69, 9.17) is 0 Å². The molecule has 1 aromatic rings. The van der Waals surface area contributed by atoms with Crippen molar-refractivity contribution in [2.75, 3.05) is 26.2 Å². The maximum atomic E-state index is 9.63. The highest BCUT2D eigenvalue weighted by atomic mass is 16.3. The van der Waals surface area contributed by atoms with Gasteiger partial charge in [0.15, 0.2) is 0 Å². The Hall–Kier alpha value is -0.980. The van der Waals surface area contributed by atoms with Crippen molar-refractivity contribution in [2.45, 2.75) is 64.1 Å². The second-order valence-corrected chi connectivity index (χ2v) is 7.47. The number of hydrogen-bond acceptors (Lipinski definition) is 5. The molecule has 2 fully saturated rings. The SMILES string of the molecule is CC(C)N1CCC[C@H](c2nnc(CN3CCC(O)CC3)n2C)C1. The van der Waals surface area contributed by atoms with E-state index in [1.54, 1.807) is 0 Å². The van der Waals surface area contributed by atoms with E-state index in [9.17, 15) is 5.11 Å². The van der Waals surface area contributed by atoms with Crippen LogP contribution in [-0.2, 0) is 13.6 Å². The summed E-state index contributed by atoms with van der Waals surface area (Å²) < 4.78 is 2.21. The molecule has 0 spiro atoms. The van der Waals surface area contributed by atoms with Crippen molar-refractivity contribution in [3.63, 3.8) is 0 Å². The minimum atomic E-state index is -0.120. The first kappa shape index (κ1) is 16.9. The summed E-state index contributed by atoms with van der Waals surface area (Å²) >= 11 is 0. The zero-order valence-corrected chi connectivity index (χ0v) is 14.8. The highest BCUT2D eigenvalue weighted by molar-refractivity contribution is 5.04. The van der Waals surface area contributed by atoms with Crippen LogP contribution in [0.4, 0.5) is 0 Å². The lowest BCUT2D eigenvalue weighted by atomic mass is 9.96. The van der Waals surface area contributed by atoms with E-state index in [2.05, 4.69) is 45.5 Å². The van der Waals surface area contributed by atoms with E-state index in [1.807, 2.05) is 0 Å². The Balaban J connectivity index is 1.64. The normalized spacial score (nSPS) is 25.3. The molecule has 3 rings (SSSR count). The molecule has 6 heteroatoms. The third-order valence-electron chi connectivity index (χ3n) is 5.47. The molecule has 3 heterocycles. The molecule has 0 bridgehead atoms. The highest BCUT2D eigenvalue weighted by Gasteiger charge is 2.27. The zero-order chi connectivity index (χ0) is 16.4. The minimum absolute atomic E-state index is 0.120. The molecular formula is C17H31N5O. The van der Waals surface area contributed by atoms with E-state index in [0.717, 1.165) is 50.7 Å². The van der Waals surface area contributed by atoms with Crippen LogP contribution in [0.25, 0.3) is 0 Å². The molecule has 6 nitrogen and oxygen atoms in total. The lowest BCUT2D eigenvalue weighted by molar-refractivity contribution is 0.0775. The molecule has 1 N–H and O–H groups in total. The Morgan fingerprint density at radius 3 is 2.57 bits per heavy atom. The van der Waals surface area contributed by atoms with Crippen LogP contribution in [0.5, 0.6) is 0 Å². The first-order valence-corrected chi connectivity index (χ1v) is 9.07. The molecule has 23 heavy (non-hydrogen) atoms. The van der Waals surface area contributed by atoms with Crippen LogP contribution in [0.1, 0.15) is 57.1 Å². The lowest BCUT2D eigenvalue weighted by Crippen LogP contribution is -2.39. The average Bonchev–Trinajstić information content (AvgIpc) is 2.91. The summed E-state index contributed by atoms with van der Waals surface area (Å²) in [5, 5.41) is 18.6. The Morgan fingerprint density at radius 1 is 1.13 bits per heavy atom. The van der Waals surface area contributed by atoms with Crippen molar-refractivity contribution < 1.29 is 5.11 Å². The average molecular weight is 321 g/mol. The Morgan fingerprint density at radius 2 is 1.87 bits per heavy atom. The Labute approximate surface area is 139 Å². The number of hydrogen-bond donors (Lipinski definition) is 1. The third kappa shape index (κ3) is 3.92. The lowest BCUT2D eigenvalue weighted by Gasteiger charge is -2.35. The zero-order valence-electron chi connectivity index (χ0n) is 14.8. The number of nitrogens with zero attached hydrogens (tertiary/aromatic N) is 5. The van der Waals surface area contributed by atoms with Crippen LogP contribution < -0.4 is 0 Å². The topological polar surface area (TPSA) is 57.4 Å².